The van der Waals surface area contributed by atoms with Crippen molar-refractivity contribution in [2.75, 3.05) is 4.90 Å². The van der Waals surface area contributed by atoms with Crippen LogP contribution in [0.1, 0.15) is 12.5 Å². The van der Waals surface area contributed by atoms with Gasteiger partial charge >= 0.3 is 6.03 Å². The molecular weight excluding hydrogens is 240 g/mol. The molecule has 5 heteroatoms. The van der Waals surface area contributed by atoms with E-state index in [4.69, 9.17) is 11.6 Å². The number of imide groups is 1. The second-order valence-electron chi connectivity index (χ2n) is 3.70. The number of nitrogens with one attached hydrogen (secondary N) is 1. The highest BCUT2D eigenvalue weighted by Gasteiger charge is 2.34. The monoisotopic (exact) mass is 250 g/mol. The molecule has 1 saturated heterocycles. The largest absolute Gasteiger partial charge is 0.333 e. The molecule has 0 atom stereocenters. The third-order valence-corrected chi connectivity index (χ3v) is 2.81. The van der Waals surface area contributed by atoms with Gasteiger partial charge in [0.25, 0.3) is 5.91 Å². The van der Waals surface area contributed by atoms with E-state index in [0.29, 0.717) is 16.4 Å². The minimum Gasteiger partial charge on any atom is -0.272 e. The van der Waals surface area contributed by atoms with Gasteiger partial charge in [0.2, 0.25) is 0 Å². The average Bonchev–Trinajstić information content (AvgIpc) is 2.53. The first-order chi connectivity index (χ1) is 8.04. The molecule has 0 unspecified atom stereocenters. The van der Waals surface area contributed by atoms with Gasteiger partial charge in [-0.15, -0.1) is 0 Å². The fourth-order valence-corrected chi connectivity index (χ4v) is 2.02. The molecule has 1 aliphatic rings. The Balaban J connectivity index is 2.52. The van der Waals surface area contributed by atoms with Crippen LogP contribution in [0.15, 0.2) is 30.0 Å². The maximum absolute atomic E-state index is 11.7. The summed E-state index contributed by atoms with van der Waals surface area (Å²) in [5.41, 5.74) is 1.83. The number of halogens is 1. The lowest BCUT2D eigenvalue weighted by molar-refractivity contribution is -0.115. The van der Waals surface area contributed by atoms with E-state index in [9.17, 15) is 9.59 Å². The van der Waals surface area contributed by atoms with E-state index >= 15 is 0 Å². The van der Waals surface area contributed by atoms with E-state index in [-0.39, 0.29) is 5.91 Å². The number of rotatable bonds is 1. The normalized spacial score (nSPS) is 17.8. The van der Waals surface area contributed by atoms with Crippen molar-refractivity contribution in [3.05, 3.63) is 40.6 Å². The summed E-state index contributed by atoms with van der Waals surface area (Å²) in [4.78, 5) is 24.6. The van der Waals surface area contributed by atoms with Gasteiger partial charge in [0.15, 0.2) is 0 Å². The van der Waals surface area contributed by atoms with Crippen molar-refractivity contribution >= 4 is 29.2 Å². The summed E-state index contributed by atoms with van der Waals surface area (Å²) < 4.78 is 0. The van der Waals surface area contributed by atoms with Crippen LogP contribution in [-0.2, 0) is 4.79 Å². The summed E-state index contributed by atoms with van der Waals surface area (Å²) in [6.45, 7) is 3.55. The van der Waals surface area contributed by atoms with Crippen LogP contribution in [0, 0.1) is 6.92 Å². The molecule has 1 fully saturated rings. The number of nitrogens with zero attached hydrogens (tertiary/aromatic N) is 1. The minimum absolute atomic E-state index is 0.334. The summed E-state index contributed by atoms with van der Waals surface area (Å²) >= 11 is 5.86. The highest BCUT2D eigenvalue weighted by Crippen LogP contribution is 2.28. The zero-order valence-electron chi connectivity index (χ0n) is 9.45. The molecular formula is C12H11ClN2O2. The second kappa shape index (κ2) is 4.22. The number of hydrogen-bond donors (Lipinski definition) is 1. The third kappa shape index (κ3) is 1.91. The molecule has 4 nitrogen and oxygen atoms in total. The number of benzene rings is 1. The van der Waals surface area contributed by atoms with E-state index in [0.717, 1.165) is 5.56 Å². The van der Waals surface area contributed by atoms with Gasteiger partial charge in [0.1, 0.15) is 5.70 Å². The number of hydrogen-bond acceptors (Lipinski definition) is 2. The molecule has 1 aromatic rings. The van der Waals surface area contributed by atoms with Crippen molar-refractivity contribution in [3.63, 3.8) is 0 Å². The molecule has 88 valence electrons. The van der Waals surface area contributed by atoms with E-state index in [1.54, 1.807) is 31.2 Å². The first kappa shape index (κ1) is 11.7. The van der Waals surface area contributed by atoms with E-state index in [1.165, 1.54) is 4.90 Å². The predicted molar refractivity (Wildman–Crippen MR) is 66.0 cm³/mol. The molecule has 0 spiro atoms. The van der Waals surface area contributed by atoms with Crippen LogP contribution < -0.4 is 10.2 Å². The number of allylic oxidation sites excluding steroid dienone is 1. The van der Waals surface area contributed by atoms with Crippen LogP contribution in [0.2, 0.25) is 5.02 Å². The highest BCUT2D eigenvalue weighted by atomic mass is 35.5. The molecule has 1 heterocycles. The van der Waals surface area contributed by atoms with Gasteiger partial charge < -0.3 is 0 Å². The van der Waals surface area contributed by atoms with Crippen LogP contribution in [0.5, 0.6) is 0 Å². The van der Waals surface area contributed by atoms with Crippen molar-refractivity contribution < 1.29 is 9.59 Å². The zero-order valence-corrected chi connectivity index (χ0v) is 10.2. The lowest BCUT2D eigenvalue weighted by Crippen LogP contribution is -2.27. The number of carbonyl (C=O) groups is 2. The number of carbonyl (C=O) groups excluding carboxylic acids is 2. The topological polar surface area (TPSA) is 49.4 Å². The fraction of sp³-hybridized carbons (Fsp3) is 0.167. The molecule has 1 N–H and O–H groups in total. The Labute approximate surface area is 104 Å². The van der Waals surface area contributed by atoms with Crippen molar-refractivity contribution in [1.82, 2.24) is 5.32 Å². The molecule has 0 bridgehead atoms. The molecule has 3 amide bonds. The minimum atomic E-state index is -0.437. The lowest BCUT2D eigenvalue weighted by Gasteiger charge is -2.17. The Hall–Kier alpha value is -1.81. The molecule has 0 radical (unpaired) electrons. The second-order valence-corrected chi connectivity index (χ2v) is 4.14. The van der Waals surface area contributed by atoms with E-state index < -0.39 is 6.03 Å². The number of anilines is 1. The first-order valence-corrected chi connectivity index (χ1v) is 5.50. The van der Waals surface area contributed by atoms with Crippen molar-refractivity contribution in [2.45, 2.75) is 13.8 Å². The van der Waals surface area contributed by atoms with Crippen LogP contribution >= 0.6 is 11.6 Å². The van der Waals surface area contributed by atoms with E-state index in [1.807, 2.05) is 6.92 Å². The Morgan fingerprint density at radius 3 is 2.65 bits per heavy atom. The maximum Gasteiger partial charge on any atom is 0.333 e. The summed E-state index contributed by atoms with van der Waals surface area (Å²) in [6.07, 6.45) is 1.61. The molecule has 2 rings (SSSR count). The van der Waals surface area contributed by atoms with Crippen LogP contribution in [0.3, 0.4) is 0 Å². The highest BCUT2D eigenvalue weighted by molar-refractivity contribution is 6.31. The van der Waals surface area contributed by atoms with Gasteiger partial charge in [-0.25, -0.2) is 4.79 Å². The number of urea groups is 1. The Kier molecular flexibility index (Phi) is 2.90. The SMILES string of the molecule is C/C=C1/C(=O)NC(=O)N1c1ccc(Cl)cc1C. The third-order valence-electron chi connectivity index (χ3n) is 2.57. The Morgan fingerprint density at radius 1 is 1.35 bits per heavy atom. The van der Waals surface area contributed by atoms with Gasteiger partial charge in [-0.3, -0.25) is 15.0 Å². The molecule has 17 heavy (non-hydrogen) atoms. The quantitative estimate of drug-likeness (QED) is 0.615. The lowest BCUT2D eigenvalue weighted by atomic mass is 10.2. The molecule has 0 aliphatic carbocycles. The standard InChI is InChI=1S/C12H11ClN2O2/c1-3-9-11(16)14-12(17)15(9)10-5-4-8(13)6-7(10)2/h3-6H,1-2H3,(H,14,16,17)/b9-3-. The summed E-state index contributed by atoms with van der Waals surface area (Å²) in [7, 11) is 0. The number of amides is 3. The van der Waals surface area contributed by atoms with Crippen LogP contribution in [0.4, 0.5) is 10.5 Å². The summed E-state index contributed by atoms with van der Waals surface area (Å²) in [5.74, 6) is -0.383. The zero-order chi connectivity index (χ0) is 12.6. The van der Waals surface area contributed by atoms with Crippen LogP contribution in [-0.4, -0.2) is 11.9 Å². The fourth-order valence-electron chi connectivity index (χ4n) is 1.80. The van der Waals surface area contributed by atoms with Crippen molar-refractivity contribution in [3.8, 4) is 0 Å². The van der Waals surface area contributed by atoms with Crippen molar-refractivity contribution in [1.29, 1.82) is 0 Å². The summed E-state index contributed by atoms with van der Waals surface area (Å²) in [6, 6.07) is 4.72. The Morgan fingerprint density at radius 2 is 2.06 bits per heavy atom. The van der Waals surface area contributed by atoms with Gasteiger partial charge in [0.05, 0.1) is 5.69 Å². The van der Waals surface area contributed by atoms with Crippen LogP contribution in [0.25, 0.3) is 0 Å². The smallest absolute Gasteiger partial charge is 0.272 e. The molecule has 1 aromatic carbocycles. The average molecular weight is 251 g/mol. The van der Waals surface area contributed by atoms with Gasteiger partial charge in [-0.2, -0.15) is 0 Å². The first-order valence-electron chi connectivity index (χ1n) is 5.12. The summed E-state index contributed by atoms with van der Waals surface area (Å²) in [5, 5.41) is 2.85. The van der Waals surface area contributed by atoms with Gasteiger partial charge in [0, 0.05) is 5.02 Å². The molecule has 0 aromatic heterocycles. The van der Waals surface area contributed by atoms with Crippen molar-refractivity contribution in [2.24, 2.45) is 0 Å². The predicted octanol–water partition coefficient (Wildman–Crippen LogP) is 2.61. The number of aryl methyl sites for hydroxylation is 1. The maximum atomic E-state index is 11.7. The van der Waals surface area contributed by atoms with E-state index in [2.05, 4.69) is 5.32 Å². The van der Waals surface area contributed by atoms with Gasteiger partial charge in [-0.1, -0.05) is 17.7 Å². The molecule has 0 saturated carbocycles. The Bertz CT molecular complexity index is 537. The molecule has 1 aliphatic heterocycles. The van der Waals surface area contributed by atoms with Gasteiger partial charge in [-0.05, 0) is 37.6 Å².